The maximum Gasteiger partial charge on any atom is 0.230 e. The van der Waals surface area contributed by atoms with Crippen molar-refractivity contribution in [3.8, 4) is 10.6 Å². The number of rotatable bonds is 4. The highest BCUT2D eigenvalue weighted by Gasteiger charge is 2.12. The highest BCUT2D eigenvalue weighted by Crippen LogP contribution is 2.30. The van der Waals surface area contributed by atoms with Crippen molar-refractivity contribution >= 4 is 34.5 Å². The van der Waals surface area contributed by atoms with E-state index in [2.05, 4.69) is 10.3 Å². The van der Waals surface area contributed by atoms with Gasteiger partial charge in [0.05, 0.1) is 17.1 Å². The molecule has 0 spiro atoms. The van der Waals surface area contributed by atoms with Gasteiger partial charge in [-0.1, -0.05) is 41.9 Å². The molecule has 2 aromatic carbocycles. The molecule has 0 saturated heterocycles. The number of carbonyl (C=O) groups is 1. The second-order valence-corrected chi connectivity index (χ2v) is 6.93. The molecule has 3 nitrogen and oxygen atoms in total. The molecular weight excluding hydrogens is 340 g/mol. The summed E-state index contributed by atoms with van der Waals surface area (Å²) in [5, 5.41) is 6.36. The van der Waals surface area contributed by atoms with Crippen LogP contribution in [0.3, 0.4) is 0 Å². The lowest BCUT2D eigenvalue weighted by atomic mass is 10.1. The maximum atomic E-state index is 12.3. The zero-order valence-corrected chi connectivity index (χ0v) is 15.0. The second-order valence-electron chi connectivity index (χ2n) is 5.67. The van der Waals surface area contributed by atoms with Gasteiger partial charge in [-0.05, 0) is 37.1 Å². The van der Waals surface area contributed by atoms with Gasteiger partial charge in [0.1, 0.15) is 5.01 Å². The lowest BCUT2D eigenvalue weighted by Gasteiger charge is -2.08. The fraction of sp³-hybridized carbons (Fsp3) is 0.158. The summed E-state index contributed by atoms with van der Waals surface area (Å²) in [5.74, 6) is -0.0697. The maximum absolute atomic E-state index is 12.3. The first-order valence-electron chi connectivity index (χ1n) is 7.59. The average molecular weight is 357 g/mol. The molecule has 0 fully saturated rings. The van der Waals surface area contributed by atoms with Gasteiger partial charge in [-0.2, -0.15) is 0 Å². The molecule has 3 aromatic rings. The van der Waals surface area contributed by atoms with Gasteiger partial charge in [-0.15, -0.1) is 11.3 Å². The summed E-state index contributed by atoms with van der Waals surface area (Å²) >= 11 is 7.70. The van der Waals surface area contributed by atoms with Crippen molar-refractivity contribution in [3.05, 3.63) is 69.7 Å². The van der Waals surface area contributed by atoms with Gasteiger partial charge in [0.15, 0.2) is 0 Å². The van der Waals surface area contributed by atoms with E-state index in [1.807, 2.05) is 61.7 Å². The quantitative estimate of drug-likeness (QED) is 0.692. The number of amides is 1. The van der Waals surface area contributed by atoms with Gasteiger partial charge in [-0.25, -0.2) is 4.98 Å². The molecule has 0 unspecified atom stereocenters. The molecule has 24 heavy (non-hydrogen) atoms. The Bertz CT molecular complexity index is 889. The second kappa shape index (κ2) is 7.16. The smallest absolute Gasteiger partial charge is 0.230 e. The number of carbonyl (C=O) groups excluding carboxylic acids is 1. The van der Waals surface area contributed by atoms with Gasteiger partial charge < -0.3 is 5.32 Å². The zero-order chi connectivity index (χ0) is 17.1. The van der Waals surface area contributed by atoms with E-state index in [0.29, 0.717) is 5.02 Å². The van der Waals surface area contributed by atoms with Crippen molar-refractivity contribution in [3.63, 3.8) is 0 Å². The Hall–Kier alpha value is -2.17. The van der Waals surface area contributed by atoms with Crippen molar-refractivity contribution in [1.82, 2.24) is 4.98 Å². The van der Waals surface area contributed by atoms with Gasteiger partial charge in [-0.3, -0.25) is 4.79 Å². The van der Waals surface area contributed by atoms with E-state index in [1.54, 1.807) is 0 Å². The minimum Gasteiger partial charge on any atom is -0.325 e. The normalized spacial score (nSPS) is 10.6. The standard InChI is InChI=1S/C19H17ClN2OS/c1-12-7-8-13(2)17(9-12)22-18(23)10-14-11-24-19(21-14)15-5-3-4-6-16(15)20/h3-9,11H,10H2,1-2H3,(H,22,23). The van der Waals surface area contributed by atoms with E-state index in [9.17, 15) is 4.79 Å². The predicted molar refractivity (Wildman–Crippen MR) is 101 cm³/mol. The number of hydrogen-bond donors (Lipinski definition) is 1. The van der Waals surface area contributed by atoms with Crippen LogP contribution in [0.1, 0.15) is 16.8 Å². The summed E-state index contributed by atoms with van der Waals surface area (Å²) in [5.41, 5.74) is 4.65. The molecule has 0 aliphatic heterocycles. The molecule has 0 saturated carbocycles. The van der Waals surface area contributed by atoms with E-state index < -0.39 is 0 Å². The SMILES string of the molecule is Cc1ccc(C)c(NC(=O)Cc2csc(-c3ccccc3Cl)n2)c1. The summed E-state index contributed by atoms with van der Waals surface area (Å²) < 4.78 is 0. The van der Waals surface area contributed by atoms with Crippen LogP contribution in [0.15, 0.2) is 47.8 Å². The number of nitrogens with one attached hydrogen (secondary N) is 1. The van der Waals surface area contributed by atoms with Crippen LogP contribution in [-0.2, 0) is 11.2 Å². The van der Waals surface area contributed by atoms with E-state index in [1.165, 1.54) is 11.3 Å². The Balaban J connectivity index is 1.72. The number of hydrogen-bond acceptors (Lipinski definition) is 3. The number of anilines is 1. The Morgan fingerprint density at radius 1 is 1.21 bits per heavy atom. The first-order valence-corrected chi connectivity index (χ1v) is 8.85. The van der Waals surface area contributed by atoms with Crippen LogP contribution in [0.5, 0.6) is 0 Å². The van der Waals surface area contributed by atoms with Crippen LogP contribution >= 0.6 is 22.9 Å². The molecule has 0 bridgehead atoms. The third-order valence-electron chi connectivity index (χ3n) is 3.66. The Labute approximate surface area is 150 Å². The number of halogens is 1. The molecule has 1 N–H and O–H groups in total. The van der Waals surface area contributed by atoms with E-state index in [4.69, 9.17) is 11.6 Å². The van der Waals surface area contributed by atoms with Crippen molar-refractivity contribution in [2.45, 2.75) is 20.3 Å². The van der Waals surface area contributed by atoms with Gasteiger partial charge in [0, 0.05) is 16.6 Å². The van der Waals surface area contributed by atoms with Crippen molar-refractivity contribution < 1.29 is 4.79 Å². The third-order valence-corrected chi connectivity index (χ3v) is 4.92. The molecule has 1 heterocycles. The van der Waals surface area contributed by atoms with E-state index >= 15 is 0 Å². The zero-order valence-electron chi connectivity index (χ0n) is 13.5. The molecule has 5 heteroatoms. The van der Waals surface area contributed by atoms with E-state index in [-0.39, 0.29) is 12.3 Å². The van der Waals surface area contributed by atoms with Crippen LogP contribution in [-0.4, -0.2) is 10.9 Å². The molecule has 1 amide bonds. The Morgan fingerprint density at radius 3 is 2.79 bits per heavy atom. The number of aryl methyl sites for hydroxylation is 2. The van der Waals surface area contributed by atoms with Gasteiger partial charge >= 0.3 is 0 Å². The van der Waals surface area contributed by atoms with Crippen molar-refractivity contribution in [2.75, 3.05) is 5.32 Å². The topological polar surface area (TPSA) is 42.0 Å². The molecule has 0 atom stereocenters. The first-order chi connectivity index (χ1) is 11.5. The van der Waals surface area contributed by atoms with Gasteiger partial charge in [0.2, 0.25) is 5.91 Å². The minimum atomic E-state index is -0.0697. The van der Waals surface area contributed by atoms with Crippen LogP contribution in [0.2, 0.25) is 5.02 Å². The molecule has 1 aromatic heterocycles. The largest absolute Gasteiger partial charge is 0.325 e. The van der Waals surface area contributed by atoms with Crippen LogP contribution in [0.25, 0.3) is 10.6 Å². The number of aromatic nitrogens is 1. The van der Waals surface area contributed by atoms with Crippen LogP contribution < -0.4 is 5.32 Å². The molecule has 0 aliphatic carbocycles. The van der Waals surface area contributed by atoms with E-state index in [0.717, 1.165) is 33.1 Å². The fourth-order valence-electron chi connectivity index (χ4n) is 2.38. The lowest BCUT2D eigenvalue weighted by Crippen LogP contribution is -2.15. The molecule has 122 valence electrons. The monoisotopic (exact) mass is 356 g/mol. The predicted octanol–water partition coefficient (Wildman–Crippen LogP) is 5.26. The summed E-state index contributed by atoms with van der Waals surface area (Å²) in [6.45, 7) is 3.98. The average Bonchev–Trinajstić information content (AvgIpc) is 2.99. The lowest BCUT2D eigenvalue weighted by molar-refractivity contribution is -0.115. The summed E-state index contributed by atoms with van der Waals surface area (Å²) in [6, 6.07) is 13.6. The van der Waals surface area contributed by atoms with Crippen molar-refractivity contribution in [1.29, 1.82) is 0 Å². The highest BCUT2D eigenvalue weighted by molar-refractivity contribution is 7.13. The van der Waals surface area contributed by atoms with Crippen LogP contribution in [0.4, 0.5) is 5.69 Å². The van der Waals surface area contributed by atoms with Gasteiger partial charge in [0.25, 0.3) is 0 Å². The summed E-state index contributed by atoms with van der Waals surface area (Å²) in [7, 11) is 0. The third kappa shape index (κ3) is 3.83. The van der Waals surface area contributed by atoms with Crippen LogP contribution in [0, 0.1) is 13.8 Å². The number of thiazole rings is 1. The Morgan fingerprint density at radius 2 is 2.00 bits per heavy atom. The Kier molecular flexibility index (Phi) is 4.97. The molecule has 0 aliphatic rings. The van der Waals surface area contributed by atoms with Crippen molar-refractivity contribution in [2.24, 2.45) is 0 Å². The highest BCUT2D eigenvalue weighted by atomic mass is 35.5. The number of benzene rings is 2. The first kappa shape index (κ1) is 16.7. The summed E-state index contributed by atoms with van der Waals surface area (Å²) in [6.07, 6.45) is 0.244. The number of nitrogens with zero attached hydrogens (tertiary/aromatic N) is 1. The molecule has 0 radical (unpaired) electrons. The summed E-state index contributed by atoms with van der Waals surface area (Å²) in [4.78, 5) is 16.8. The molecular formula is C19H17ClN2OS. The minimum absolute atomic E-state index is 0.0697. The molecule has 3 rings (SSSR count). The fourth-order valence-corrected chi connectivity index (χ4v) is 3.52.